The number of rotatable bonds is 2. The van der Waals surface area contributed by atoms with Gasteiger partial charge < -0.3 is 10.2 Å². The van der Waals surface area contributed by atoms with E-state index in [2.05, 4.69) is 0 Å². The largest absolute Gasteiger partial charge is 0.459 e. The van der Waals surface area contributed by atoms with Gasteiger partial charge in [0.1, 0.15) is 17.2 Å². The van der Waals surface area contributed by atoms with Gasteiger partial charge in [-0.3, -0.25) is 0 Å². The summed E-state index contributed by atoms with van der Waals surface area (Å²) in [6.45, 7) is 3.82. The lowest BCUT2D eigenvalue weighted by atomic mass is 10.0. The van der Waals surface area contributed by atoms with Gasteiger partial charge in [-0.15, -0.1) is 0 Å². The average Bonchev–Trinajstić information content (AvgIpc) is 2.78. The maximum atomic E-state index is 13.4. The molecule has 4 heteroatoms. The number of nitrogens with two attached hydrogens (primary N) is 1. The smallest absolute Gasteiger partial charge is 0.134 e. The van der Waals surface area contributed by atoms with Crippen molar-refractivity contribution in [3.05, 3.63) is 69.7 Å². The number of fused-ring (bicyclic) bond motifs is 1. The third kappa shape index (κ3) is 2.43. The molecule has 0 fully saturated rings. The Labute approximate surface area is 127 Å². The normalized spacial score (nSPS) is 12.8. The lowest BCUT2D eigenvalue weighted by Gasteiger charge is -2.11. The Morgan fingerprint density at radius 1 is 1.14 bits per heavy atom. The SMILES string of the molecule is Cc1ccc(C(N)c2oc3ccc(F)cc3c2C)cc1Cl. The van der Waals surface area contributed by atoms with E-state index in [-0.39, 0.29) is 5.82 Å². The van der Waals surface area contributed by atoms with Crippen LogP contribution in [0.1, 0.15) is 28.5 Å². The van der Waals surface area contributed by atoms with Crippen LogP contribution in [0.5, 0.6) is 0 Å². The van der Waals surface area contributed by atoms with Gasteiger partial charge in [-0.25, -0.2) is 4.39 Å². The summed E-state index contributed by atoms with van der Waals surface area (Å²) in [5.74, 6) is 0.348. The lowest BCUT2D eigenvalue weighted by Crippen LogP contribution is -2.12. The van der Waals surface area contributed by atoms with Crippen LogP contribution in [0.2, 0.25) is 5.02 Å². The van der Waals surface area contributed by atoms with E-state index in [1.54, 1.807) is 6.07 Å². The minimum absolute atomic E-state index is 0.287. The van der Waals surface area contributed by atoms with Crippen molar-refractivity contribution in [1.29, 1.82) is 0 Å². The fourth-order valence-electron chi connectivity index (χ4n) is 2.46. The molecule has 1 atom stereocenters. The molecule has 2 nitrogen and oxygen atoms in total. The van der Waals surface area contributed by atoms with Crippen molar-refractivity contribution in [3.8, 4) is 0 Å². The van der Waals surface area contributed by atoms with Crippen molar-refractivity contribution in [3.63, 3.8) is 0 Å². The second kappa shape index (κ2) is 5.17. The van der Waals surface area contributed by atoms with Crippen LogP contribution >= 0.6 is 11.6 Å². The maximum absolute atomic E-state index is 13.4. The summed E-state index contributed by atoms with van der Waals surface area (Å²) in [6, 6.07) is 9.73. The van der Waals surface area contributed by atoms with Crippen molar-refractivity contribution in [2.75, 3.05) is 0 Å². The zero-order chi connectivity index (χ0) is 15.1. The third-order valence-corrected chi connectivity index (χ3v) is 4.18. The molecule has 0 saturated heterocycles. The Morgan fingerprint density at radius 2 is 1.90 bits per heavy atom. The Kier molecular flexibility index (Phi) is 3.47. The Morgan fingerprint density at radius 3 is 2.62 bits per heavy atom. The highest BCUT2D eigenvalue weighted by atomic mass is 35.5. The first-order valence-electron chi connectivity index (χ1n) is 6.67. The number of aryl methyl sites for hydroxylation is 2. The summed E-state index contributed by atoms with van der Waals surface area (Å²) in [6.07, 6.45) is 0. The molecule has 0 aliphatic heterocycles. The first kappa shape index (κ1) is 14.1. The molecule has 2 N–H and O–H groups in total. The van der Waals surface area contributed by atoms with Crippen LogP contribution in [-0.2, 0) is 0 Å². The van der Waals surface area contributed by atoms with Gasteiger partial charge in [0, 0.05) is 16.0 Å². The molecule has 0 saturated carbocycles. The topological polar surface area (TPSA) is 39.2 Å². The van der Waals surface area contributed by atoms with Gasteiger partial charge in [0.05, 0.1) is 6.04 Å². The number of benzene rings is 2. The monoisotopic (exact) mass is 303 g/mol. The van der Waals surface area contributed by atoms with E-state index >= 15 is 0 Å². The van der Waals surface area contributed by atoms with Gasteiger partial charge in [-0.2, -0.15) is 0 Å². The van der Waals surface area contributed by atoms with Gasteiger partial charge in [0.15, 0.2) is 0 Å². The zero-order valence-corrected chi connectivity index (χ0v) is 12.5. The summed E-state index contributed by atoms with van der Waals surface area (Å²) in [5.41, 5.74) is 9.65. The van der Waals surface area contributed by atoms with E-state index in [1.165, 1.54) is 12.1 Å². The highest BCUT2D eigenvalue weighted by molar-refractivity contribution is 6.31. The van der Waals surface area contributed by atoms with Crippen LogP contribution < -0.4 is 5.73 Å². The molecule has 3 aromatic rings. The summed E-state index contributed by atoms with van der Waals surface area (Å²) in [7, 11) is 0. The molecule has 0 aliphatic carbocycles. The lowest BCUT2D eigenvalue weighted by molar-refractivity contribution is 0.520. The van der Waals surface area contributed by atoms with E-state index in [4.69, 9.17) is 21.8 Å². The van der Waals surface area contributed by atoms with Crippen LogP contribution in [0.3, 0.4) is 0 Å². The molecule has 3 rings (SSSR count). The van der Waals surface area contributed by atoms with Crippen LogP contribution in [0.15, 0.2) is 40.8 Å². The number of halogens is 2. The van der Waals surface area contributed by atoms with Gasteiger partial charge >= 0.3 is 0 Å². The molecule has 0 bridgehead atoms. The zero-order valence-electron chi connectivity index (χ0n) is 11.8. The predicted octanol–water partition coefficient (Wildman–Crippen LogP) is 4.89. The van der Waals surface area contributed by atoms with E-state index in [0.717, 1.165) is 22.1 Å². The molecule has 0 amide bonds. The third-order valence-electron chi connectivity index (χ3n) is 3.77. The summed E-state index contributed by atoms with van der Waals surface area (Å²) in [4.78, 5) is 0. The fraction of sp³-hybridized carbons (Fsp3) is 0.176. The molecule has 1 aromatic heterocycles. The molecule has 0 spiro atoms. The fourth-order valence-corrected chi connectivity index (χ4v) is 2.65. The maximum Gasteiger partial charge on any atom is 0.134 e. The standard InChI is InChI=1S/C17H15ClFNO/c1-9-3-4-11(7-14(9)18)16(20)17-10(2)13-8-12(19)5-6-15(13)21-17/h3-8,16H,20H2,1-2H3. The van der Waals surface area contributed by atoms with Crippen molar-refractivity contribution in [2.24, 2.45) is 5.73 Å². The van der Waals surface area contributed by atoms with Crippen molar-refractivity contribution >= 4 is 22.6 Å². The Balaban J connectivity index is 2.10. The summed E-state index contributed by atoms with van der Waals surface area (Å²) < 4.78 is 19.2. The molecule has 108 valence electrons. The van der Waals surface area contributed by atoms with Crippen LogP contribution in [0.25, 0.3) is 11.0 Å². The van der Waals surface area contributed by atoms with Crippen molar-refractivity contribution in [1.82, 2.24) is 0 Å². The predicted molar refractivity (Wildman–Crippen MR) is 83.1 cm³/mol. The minimum atomic E-state index is -0.432. The van der Waals surface area contributed by atoms with E-state index in [9.17, 15) is 4.39 Å². The molecular weight excluding hydrogens is 289 g/mol. The highest BCUT2D eigenvalue weighted by Gasteiger charge is 2.19. The molecule has 2 aromatic carbocycles. The number of hydrogen-bond donors (Lipinski definition) is 1. The van der Waals surface area contributed by atoms with Gasteiger partial charge in [-0.05, 0) is 49.2 Å². The molecule has 1 unspecified atom stereocenters. The number of hydrogen-bond acceptors (Lipinski definition) is 2. The summed E-state index contributed by atoms with van der Waals surface area (Å²) in [5, 5.41) is 1.42. The Bertz CT molecular complexity index is 825. The minimum Gasteiger partial charge on any atom is -0.459 e. The van der Waals surface area contributed by atoms with E-state index in [1.807, 2.05) is 32.0 Å². The van der Waals surface area contributed by atoms with Crippen molar-refractivity contribution < 1.29 is 8.81 Å². The molecule has 21 heavy (non-hydrogen) atoms. The van der Waals surface area contributed by atoms with Gasteiger partial charge in [0.2, 0.25) is 0 Å². The van der Waals surface area contributed by atoms with E-state index in [0.29, 0.717) is 16.4 Å². The Hall–Kier alpha value is -1.84. The van der Waals surface area contributed by atoms with E-state index < -0.39 is 6.04 Å². The quantitative estimate of drug-likeness (QED) is 0.732. The molecule has 0 aliphatic rings. The first-order chi connectivity index (χ1) is 9.97. The molecule has 1 heterocycles. The molecule has 0 radical (unpaired) electrons. The van der Waals surface area contributed by atoms with Crippen LogP contribution in [0.4, 0.5) is 4.39 Å². The average molecular weight is 304 g/mol. The van der Waals surface area contributed by atoms with Crippen molar-refractivity contribution in [2.45, 2.75) is 19.9 Å². The van der Waals surface area contributed by atoms with Crippen LogP contribution in [0, 0.1) is 19.7 Å². The molecular formula is C17H15ClFNO. The van der Waals surface area contributed by atoms with Gasteiger partial charge in [-0.1, -0.05) is 23.7 Å². The van der Waals surface area contributed by atoms with Crippen LogP contribution in [-0.4, -0.2) is 0 Å². The van der Waals surface area contributed by atoms with Gasteiger partial charge in [0.25, 0.3) is 0 Å². The first-order valence-corrected chi connectivity index (χ1v) is 7.05. The highest BCUT2D eigenvalue weighted by Crippen LogP contribution is 2.33. The summed E-state index contributed by atoms with van der Waals surface area (Å²) >= 11 is 6.15. The number of furan rings is 1. The second-order valence-electron chi connectivity index (χ2n) is 5.22. The second-order valence-corrected chi connectivity index (χ2v) is 5.63.